The van der Waals surface area contributed by atoms with Gasteiger partial charge in [-0.25, -0.2) is 9.50 Å². The molecule has 8 nitrogen and oxygen atoms in total. The molecule has 1 aliphatic rings. The first-order valence-corrected chi connectivity index (χ1v) is 10.4. The van der Waals surface area contributed by atoms with E-state index in [4.69, 9.17) is 9.72 Å². The summed E-state index contributed by atoms with van der Waals surface area (Å²) in [5.74, 6) is 0.470. The number of ether oxygens (including phenoxy) is 1. The first kappa shape index (κ1) is 18.7. The molecular formula is C22H25N7O. The van der Waals surface area contributed by atoms with Crippen molar-refractivity contribution in [1.29, 1.82) is 0 Å². The van der Waals surface area contributed by atoms with E-state index >= 15 is 0 Å². The second-order valence-corrected chi connectivity index (χ2v) is 7.95. The van der Waals surface area contributed by atoms with E-state index in [1.165, 1.54) is 5.69 Å². The minimum absolute atomic E-state index is 0.271. The van der Waals surface area contributed by atoms with Crippen molar-refractivity contribution in [2.75, 3.05) is 18.5 Å². The molecule has 1 aliphatic heterocycles. The van der Waals surface area contributed by atoms with Crippen LogP contribution in [0.25, 0.3) is 28.3 Å². The number of anilines is 1. The van der Waals surface area contributed by atoms with Crippen molar-refractivity contribution in [3.05, 3.63) is 48.5 Å². The Balaban J connectivity index is 1.53. The number of rotatable bonds is 5. The van der Waals surface area contributed by atoms with Gasteiger partial charge in [-0.3, -0.25) is 10.1 Å². The first-order valence-electron chi connectivity index (χ1n) is 10.4. The Morgan fingerprint density at radius 3 is 2.83 bits per heavy atom. The number of aromatic amines is 1. The molecule has 0 aliphatic carbocycles. The summed E-state index contributed by atoms with van der Waals surface area (Å²) in [5.41, 5.74) is 6.50. The number of nitrogens with zero attached hydrogens (tertiary/aromatic N) is 5. The Morgan fingerprint density at radius 2 is 2.00 bits per heavy atom. The Bertz CT molecular complexity index is 1160. The fourth-order valence-electron chi connectivity index (χ4n) is 3.93. The standard InChI is InChI=1S/C22H25N7O/c1-14(2)26-18-11-20(21-13-24-22-4-3-7-25-29(21)22)23-12-16(18)19-10-17(27-28-19)15-5-8-30-9-6-15/h3-4,7,10-15H,5-6,8-9H2,1-2H3,(H,23,26)(H,27,28). The highest BCUT2D eigenvalue weighted by Gasteiger charge is 2.20. The highest BCUT2D eigenvalue weighted by atomic mass is 16.5. The summed E-state index contributed by atoms with van der Waals surface area (Å²) >= 11 is 0. The average Bonchev–Trinajstić information content (AvgIpc) is 3.42. The molecule has 4 aromatic rings. The van der Waals surface area contributed by atoms with Crippen molar-refractivity contribution in [3.63, 3.8) is 0 Å². The highest BCUT2D eigenvalue weighted by molar-refractivity contribution is 5.78. The van der Waals surface area contributed by atoms with E-state index < -0.39 is 0 Å². The first-order chi connectivity index (χ1) is 14.7. The number of hydrogen-bond donors (Lipinski definition) is 2. The van der Waals surface area contributed by atoms with Crippen LogP contribution in [0.5, 0.6) is 0 Å². The molecule has 5 rings (SSSR count). The van der Waals surface area contributed by atoms with Crippen molar-refractivity contribution in [2.45, 2.75) is 38.6 Å². The van der Waals surface area contributed by atoms with Crippen molar-refractivity contribution in [1.82, 2.24) is 29.8 Å². The molecular weight excluding hydrogens is 378 g/mol. The van der Waals surface area contributed by atoms with Gasteiger partial charge in [0.2, 0.25) is 0 Å². The lowest BCUT2D eigenvalue weighted by Gasteiger charge is -2.20. The maximum absolute atomic E-state index is 5.49. The normalized spacial score (nSPS) is 15.2. The molecule has 30 heavy (non-hydrogen) atoms. The van der Waals surface area contributed by atoms with Crippen molar-refractivity contribution >= 4 is 11.3 Å². The molecule has 0 bridgehead atoms. The molecule has 0 amide bonds. The minimum atomic E-state index is 0.271. The second-order valence-electron chi connectivity index (χ2n) is 7.95. The lowest BCUT2D eigenvalue weighted by atomic mass is 9.96. The third-order valence-electron chi connectivity index (χ3n) is 5.42. The van der Waals surface area contributed by atoms with Gasteiger partial charge < -0.3 is 10.1 Å². The molecule has 5 heterocycles. The van der Waals surface area contributed by atoms with E-state index in [9.17, 15) is 0 Å². The van der Waals surface area contributed by atoms with Crippen LogP contribution in [0.1, 0.15) is 38.3 Å². The fourth-order valence-corrected chi connectivity index (χ4v) is 3.93. The monoisotopic (exact) mass is 403 g/mol. The second kappa shape index (κ2) is 7.87. The molecule has 2 N–H and O–H groups in total. The van der Waals surface area contributed by atoms with Gasteiger partial charge in [0.05, 0.1) is 17.6 Å². The Kier molecular flexibility index (Phi) is 4.92. The van der Waals surface area contributed by atoms with Crippen LogP contribution < -0.4 is 5.32 Å². The lowest BCUT2D eigenvalue weighted by Crippen LogP contribution is -2.14. The predicted molar refractivity (Wildman–Crippen MR) is 115 cm³/mol. The molecule has 0 spiro atoms. The number of nitrogens with one attached hydrogen (secondary N) is 2. The molecule has 4 aromatic heterocycles. The van der Waals surface area contributed by atoms with Gasteiger partial charge in [0.1, 0.15) is 5.69 Å². The summed E-state index contributed by atoms with van der Waals surface area (Å²) in [6.45, 7) is 5.86. The zero-order valence-electron chi connectivity index (χ0n) is 17.2. The summed E-state index contributed by atoms with van der Waals surface area (Å²) in [4.78, 5) is 9.16. The van der Waals surface area contributed by atoms with Gasteiger partial charge in [-0.1, -0.05) is 0 Å². The summed E-state index contributed by atoms with van der Waals surface area (Å²) in [6.07, 6.45) is 7.49. The van der Waals surface area contributed by atoms with Crippen molar-refractivity contribution < 1.29 is 4.74 Å². The Labute approximate surface area is 174 Å². The topological polar surface area (TPSA) is 93.0 Å². The molecule has 1 fully saturated rings. The third kappa shape index (κ3) is 3.54. The molecule has 0 unspecified atom stereocenters. The largest absolute Gasteiger partial charge is 0.382 e. The zero-order valence-corrected chi connectivity index (χ0v) is 17.2. The van der Waals surface area contributed by atoms with Crippen LogP contribution >= 0.6 is 0 Å². The Morgan fingerprint density at radius 1 is 1.13 bits per heavy atom. The van der Waals surface area contributed by atoms with Crippen LogP contribution in [0.4, 0.5) is 5.69 Å². The van der Waals surface area contributed by atoms with Gasteiger partial charge in [-0.05, 0) is 51.0 Å². The number of fused-ring (bicyclic) bond motifs is 1. The van der Waals surface area contributed by atoms with Gasteiger partial charge >= 0.3 is 0 Å². The number of H-pyrrole nitrogens is 1. The van der Waals surface area contributed by atoms with E-state index in [2.05, 4.69) is 51.6 Å². The number of pyridine rings is 1. The molecule has 0 radical (unpaired) electrons. The SMILES string of the molecule is CC(C)Nc1cc(-c2cnc3cccnn23)ncc1-c1cc(C2CCOCC2)[nH]n1. The van der Waals surface area contributed by atoms with Crippen LogP contribution in [0.15, 0.2) is 42.9 Å². The summed E-state index contributed by atoms with van der Waals surface area (Å²) < 4.78 is 7.29. The molecule has 154 valence electrons. The summed E-state index contributed by atoms with van der Waals surface area (Å²) in [5, 5.41) is 15.8. The number of hydrogen-bond acceptors (Lipinski definition) is 6. The van der Waals surface area contributed by atoms with Crippen LogP contribution in [0, 0.1) is 0 Å². The van der Waals surface area contributed by atoms with Crippen LogP contribution in [-0.4, -0.2) is 49.0 Å². The predicted octanol–water partition coefficient (Wildman–Crippen LogP) is 3.90. The van der Waals surface area contributed by atoms with Gasteiger partial charge in [-0.15, -0.1) is 0 Å². The number of imidazole rings is 1. The van der Waals surface area contributed by atoms with Crippen molar-refractivity contribution in [2.24, 2.45) is 0 Å². The molecule has 0 atom stereocenters. The average molecular weight is 403 g/mol. The third-order valence-corrected chi connectivity index (χ3v) is 5.42. The van der Waals surface area contributed by atoms with Crippen LogP contribution in [0.2, 0.25) is 0 Å². The van der Waals surface area contributed by atoms with Gasteiger partial charge in [0, 0.05) is 54.5 Å². The Hall–Kier alpha value is -3.26. The molecule has 1 saturated heterocycles. The summed E-state index contributed by atoms with van der Waals surface area (Å²) in [6, 6.07) is 8.28. The molecule has 0 aromatic carbocycles. The van der Waals surface area contributed by atoms with E-state index in [0.717, 1.165) is 60.0 Å². The van der Waals surface area contributed by atoms with E-state index in [0.29, 0.717) is 5.92 Å². The zero-order chi connectivity index (χ0) is 20.5. The van der Waals surface area contributed by atoms with E-state index in [1.54, 1.807) is 16.9 Å². The lowest BCUT2D eigenvalue weighted by molar-refractivity contribution is 0.0845. The van der Waals surface area contributed by atoms with E-state index in [-0.39, 0.29) is 6.04 Å². The molecule has 0 saturated carbocycles. The van der Waals surface area contributed by atoms with Gasteiger partial charge in [0.15, 0.2) is 5.65 Å². The smallest absolute Gasteiger partial charge is 0.154 e. The summed E-state index contributed by atoms with van der Waals surface area (Å²) in [7, 11) is 0. The fraction of sp³-hybridized carbons (Fsp3) is 0.364. The van der Waals surface area contributed by atoms with E-state index in [1.807, 2.05) is 18.3 Å². The maximum Gasteiger partial charge on any atom is 0.154 e. The maximum atomic E-state index is 5.49. The highest BCUT2D eigenvalue weighted by Crippen LogP contribution is 2.33. The quantitative estimate of drug-likeness (QED) is 0.525. The molecule has 8 heteroatoms. The van der Waals surface area contributed by atoms with Gasteiger partial charge in [-0.2, -0.15) is 10.2 Å². The minimum Gasteiger partial charge on any atom is -0.382 e. The van der Waals surface area contributed by atoms with Gasteiger partial charge in [0.25, 0.3) is 0 Å². The van der Waals surface area contributed by atoms with Crippen molar-refractivity contribution in [3.8, 4) is 22.6 Å². The van der Waals surface area contributed by atoms with Crippen LogP contribution in [-0.2, 0) is 4.74 Å². The van der Waals surface area contributed by atoms with Crippen LogP contribution in [0.3, 0.4) is 0 Å². The number of aromatic nitrogens is 6.